The Morgan fingerprint density at radius 3 is 2.59 bits per heavy atom. The summed E-state index contributed by atoms with van der Waals surface area (Å²) in [5.41, 5.74) is 4.45. The highest BCUT2D eigenvalue weighted by molar-refractivity contribution is 5.94. The molecule has 3 aromatic rings. The van der Waals surface area contributed by atoms with Crippen molar-refractivity contribution < 1.29 is 19.1 Å². The van der Waals surface area contributed by atoms with Gasteiger partial charge in [-0.2, -0.15) is 5.10 Å². The van der Waals surface area contributed by atoms with E-state index in [-0.39, 0.29) is 11.9 Å². The van der Waals surface area contributed by atoms with Crippen LogP contribution < -0.4 is 10.2 Å². The van der Waals surface area contributed by atoms with Crippen molar-refractivity contribution in [2.24, 2.45) is 7.05 Å². The van der Waals surface area contributed by atoms with Gasteiger partial charge in [0.2, 0.25) is 5.91 Å². The molecule has 1 aliphatic rings. The molecule has 0 atom stereocenters. The second kappa shape index (κ2) is 9.78. The first-order valence-electron chi connectivity index (χ1n) is 11.0. The van der Waals surface area contributed by atoms with Gasteiger partial charge in [0.05, 0.1) is 31.5 Å². The number of methoxy groups -OCH3 is 1. The van der Waals surface area contributed by atoms with Gasteiger partial charge >= 0.3 is 12.0 Å². The molecule has 1 aliphatic heterocycles. The molecule has 1 aromatic heterocycles. The lowest BCUT2D eigenvalue weighted by Gasteiger charge is -2.28. The number of carbonyl (C=O) groups excluding carboxylic acids is 3. The molecular weight excluding hydrogens is 434 g/mol. The molecule has 0 radical (unpaired) electrons. The topological polar surface area (TPSA) is 96.8 Å². The molecular formula is C25H27N5O4. The van der Waals surface area contributed by atoms with Crippen LogP contribution in [0.2, 0.25) is 0 Å². The van der Waals surface area contributed by atoms with Crippen LogP contribution in [0.3, 0.4) is 0 Å². The van der Waals surface area contributed by atoms with Crippen molar-refractivity contribution in [2.75, 3.05) is 23.9 Å². The third kappa shape index (κ3) is 4.78. The number of nitrogens with zero attached hydrogens (tertiary/aromatic N) is 4. The summed E-state index contributed by atoms with van der Waals surface area (Å²) in [5.74, 6) is -0.548. The van der Waals surface area contributed by atoms with Crippen LogP contribution in [0.25, 0.3) is 0 Å². The Balaban J connectivity index is 1.52. The van der Waals surface area contributed by atoms with Crippen molar-refractivity contribution in [3.05, 3.63) is 77.1 Å². The number of esters is 1. The lowest BCUT2D eigenvalue weighted by Crippen LogP contribution is -2.39. The largest absolute Gasteiger partial charge is 0.465 e. The molecule has 3 amide bonds. The summed E-state index contributed by atoms with van der Waals surface area (Å²) in [4.78, 5) is 40.6. The summed E-state index contributed by atoms with van der Waals surface area (Å²) in [6, 6.07) is 15.8. The Kier molecular flexibility index (Phi) is 6.62. The van der Waals surface area contributed by atoms with Gasteiger partial charge in [-0.15, -0.1) is 0 Å². The molecule has 1 N–H and O–H groups in total. The van der Waals surface area contributed by atoms with E-state index in [0.29, 0.717) is 37.3 Å². The van der Waals surface area contributed by atoms with Gasteiger partial charge in [-0.05, 0) is 30.3 Å². The molecule has 9 nitrogen and oxygen atoms in total. The maximum atomic E-state index is 13.0. The molecule has 0 unspecified atom stereocenters. The number of urea groups is 1. The van der Waals surface area contributed by atoms with Gasteiger partial charge in [0.15, 0.2) is 0 Å². The molecule has 0 aliphatic carbocycles. The average molecular weight is 462 g/mol. The van der Waals surface area contributed by atoms with Gasteiger partial charge in [0, 0.05) is 49.6 Å². The first-order chi connectivity index (χ1) is 16.4. The highest BCUT2D eigenvalue weighted by Crippen LogP contribution is 2.26. The smallest absolute Gasteiger partial charge is 0.337 e. The number of para-hydroxylation sites is 1. The zero-order chi connectivity index (χ0) is 24.2. The molecule has 0 bridgehead atoms. The third-order valence-corrected chi connectivity index (χ3v) is 5.90. The molecule has 2 heterocycles. The van der Waals surface area contributed by atoms with Crippen molar-refractivity contribution in [1.29, 1.82) is 0 Å². The zero-order valence-corrected chi connectivity index (χ0v) is 19.4. The highest BCUT2D eigenvalue weighted by Gasteiger charge is 2.28. The monoisotopic (exact) mass is 461 g/mol. The van der Waals surface area contributed by atoms with E-state index in [1.165, 1.54) is 14.0 Å². The number of ether oxygens (including phenoxy) is 1. The van der Waals surface area contributed by atoms with E-state index >= 15 is 0 Å². The number of carbonyl (C=O) groups is 3. The lowest BCUT2D eigenvalue weighted by molar-refractivity contribution is -0.116. The van der Waals surface area contributed by atoms with Crippen molar-refractivity contribution in [3.8, 4) is 0 Å². The highest BCUT2D eigenvalue weighted by atomic mass is 16.5. The van der Waals surface area contributed by atoms with E-state index in [0.717, 1.165) is 22.6 Å². The minimum atomic E-state index is -0.466. The Morgan fingerprint density at radius 1 is 1.12 bits per heavy atom. The molecule has 0 spiro atoms. The van der Waals surface area contributed by atoms with Crippen LogP contribution in [0, 0.1) is 0 Å². The number of benzene rings is 2. The zero-order valence-electron chi connectivity index (χ0n) is 19.4. The average Bonchev–Trinajstić information content (AvgIpc) is 3.17. The van der Waals surface area contributed by atoms with E-state index in [9.17, 15) is 14.4 Å². The fourth-order valence-corrected chi connectivity index (χ4v) is 4.16. The number of anilines is 2. The first kappa shape index (κ1) is 23.0. The first-order valence-corrected chi connectivity index (χ1v) is 11.0. The predicted octanol–water partition coefficient (Wildman–Crippen LogP) is 3.35. The minimum Gasteiger partial charge on any atom is -0.465 e. The van der Waals surface area contributed by atoms with Crippen molar-refractivity contribution in [1.82, 2.24) is 14.7 Å². The fourth-order valence-electron chi connectivity index (χ4n) is 4.16. The number of hydrogen-bond donors (Lipinski definition) is 1. The quantitative estimate of drug-likeness (QED) is 0.588. The van der Waals surface area contributed by atoms with E-state index in [2.05, 4.69) is 10.4 Å². The Bertz CT molecular complexity index is 1220. The predicted molar refractivity (Wildman–Crippen MR) is 127 cm³/mol. The standard InChI is InChI=1S/C25H27N5O4/c1-17(31)30(20-10-5-4-6-11-20)16-22-21-15-29(13-12-23(21)28(2)27-22)25(33)26-19-9-7-8-18(14-19)24(32)34-3/h4-11,14H,12-13,15-16H2,1-3H3,(H,26,33). The van der Waals surface area contributed by atoms with Crippen LogP contribution >= 0.6 is 0 Å². The van der Waals surface area contributed by atoms with Gasteiger partial charge < -0.3 is 19.9 Å². The summed E-state index contributed by atoms with van der Waals surface area (Å²) >= 11 is 0. The van der Waals surface area contributed by atoms with Crippen molar-refractivity contribution in [3.63, 3.8) is 0 Å². The van der Waals surface area contributed by atoms with E-state index in [1.807, 2.05) is 42.1 Å². The van der Waals surface area contributed by atoms with E-state index in [4.69, 9.17) is 4.74 Å². The van der Waals surface area contributed by atoms with Gasteiger partial charge in [0.1, 0.15) is 0 Å². The van der Waals surface area contributed by atoms with Crippen LogP contribution in [0.1, 0.15) is 34.2 Å². The van der Waals surface area contributed by atoms with Gasteiger partial charge in [0.25, 0.3) is 0 Å². The Labute approximate surface area is 197 Å². The Hall–Kier alpha value is -4.14. The van der Waals surface area contributed by atoms with E-state index < -0.39 is 5.97 Å². The minimum absolute atomic E-state index is 0.0819. The van der Waals surface area contributed by atoms with Crippen molar-refractivity contribution >= 4 is 29.3 Å². The van der Waals surface area contributed by atoms with Gasteiger partial charge in [-0.3, -0.25) is 9.48 Å². The van der Waals surface area contributed by atoms with Gasteiger partial charge in [-0.25, -0.2) is 9.59 Å². The molecule has 176 valence electrons. The lowest BCUT2D eigenvalue weighted by atomic mass is 10.0. The van der Waals surface area contributed by atoms with E-state index in [1.54, 1.807) is 34.1 Å². The SMILES string of the molecule is COC(=O)c1cccc(NC(=O)N2CCc3c(c(CN(C(C)=O)c4ccccc4)nn3C)C2)c1. The third-order valence-electron chi connectivity index (χ3n) is 5.90. The molecule has 4 rings (SSSR count). The van der Waals surface area contributed by atoms with Crippen LogP contribution in [0.5, 0.6) is 0 Å². The molecule has 2 aromatic carbocycles. The molecule has 0 saturated carbocycles. The summed E-state index contributed by atoms with van der Waals surface area (Å²) < 4.78 is 6.58. The number of aromatic nitrogens is 2. The molecule has 9 heteroatoms. The van der Waals surface area contributed by atoms with Crippen LogP contribution in [0.4, 0.5) is 16.2 Å². The molecule has 34 heavy (non-hydrogen) atoms. The number of aryl methyl sites for hydroxylation is 1. The number of hydrogen-bond acceptors (Lipinski definition) is 5. The van der Waals surface area contributed by atoms with Crippen molar-refractivity contribution in [2.45, 2.75) is 26.4 Å². The number of rotatable bonds is 5. The summed E-state index contributed by atoms with van der Waals surface area (Å²) in [5, 5.41) is 7.53. The Morgan fingerprint density at radius 2 is 1.88 bits per heavy atom. The summed E-state index contributed by atoms with van der Waals surface area (Å²) in [6.45, 7) is 2.76. The summed E-state index contributed by atoms with van der Waals surface area (Å²) in [7, 11) is 3.20. The number of nitrogens with one attached hydrogen (secondary N) is 1. The van der Waals surface area contributed by atoms with Crippen LogP contribution in [0.15, 0.2) is 54.6 Å². The van der Waals surface area contributed by atoms with Gasteiger partial charge in [-0.1, -0.05) is 24.3 Å². The second-order valence-electron chi connectivity index (χ2n) is 8.11. The fraction of sp³-hybridized carbons (Fsp3) is 0.280. The number of amides is 3. The second-order valence-corrected chi connectivity index (χ2v) is 8.11. The molecule has 0 fully saturated rings. The van der Waals surface area contributed by atoms with Crippen LogP contribution in [-0.4, -0.2) is 46.2 Å². The maximum absolute atomic E-state index is 13.0. The van der Waals surface area contributed by atoms with Crippen LogP contribution in [-0.2, 0) is 36.1 Å². The number of fused-ring (bicyclic) bond motifs is 1. The summed E-state index contributed by atoms with van der Waals surface area (Å²) in [6.07, 6.45) is 0.653. The normalized spacial score (nSPS) is 12.6. The maximum Gasteiger partial charge on any atom is 0.337 e. The molecule has 0 saturated heterocycles.